The van der Waals surface area contributed by atoms with E-state index in [1.54, 1.807) is 0 Å². The summed E-state index contributed by atoms with van der Waals surface area (Å²) in [5.41, 5.74) is 22.6. The number of allylic oxidation sites excluding steroid dienone is 21. The molecule has 0 amide bonds. The van der Waals surface area contributed by atoms with Crippen molar-refractivity contribution in [3.05, 3.63) is 326 Å². The monoisotopic (exact) mass is 1000 g/mol. The summed E-state index contributed by atoms with van der Waals surface area (Å²) >= 11 is 0. The highest BCUT2D eigenvalue weighted by molar-refractivity contribution is 6.16. The highest BCUT2D eigenvalue weighted by atomic mass is 15.1. The van der Waals surface area contributed by atoms with Crippen molar-refractivity contribution >= 4 is 44.6 Å². The van der Waals surface area contributed by atoms with E-state index in [0.717, 1.165) is 53.9 Å². The van der Waals surface area contributed by atoms with Crippen LogP contribution in [0.5, 0.6) is 0 Å². The van der Waals surface area contributed by atoms with Gasteiger partial charge in [0, 0.05) is 33.4 Å². The summed E-state index contributed by atoms with van der Waals surface area (Å²) in [6.45, 7) is 8.19. The largest absolute Gasteiger partial charge is 0.310 e. The van der Waals surface area contributed by atoms with Crippen LogP contribution in [0.3, 0.4) is 0 Å². The number of rotatable bonds is 16. The minimum Gasteiger partial charge on any atom is -0.310 e. The van der Waals surface area contributed by atoms with E-state index in [1.165, 1.54) is 88.7 Å². The Morgan fingerprint density at radius 2 is 1.24 bits per heavy atom. The number of benzene rings is 8. The van der Waals surface area contributed by atoms with Crippen molar-refractivity contribution in [1.29, 1.82) is 0 Å². The van der Waals surface area contributed by atoms with E-state index in [1.807, 2.05) is 12.2 Å². The second-order valence-corrected chi connectivity index (χ2v) is 19.8. The quantitative estimate of drug-likeness (QED) is 0.0876. The highest BCUT2D eigenvalue weighted by Gasteiger charge is 2.20. The Morgan fingerprint density at radius 3 is 1.97 bits per heavy atom. The van der Waals surface area contributed by atoms with Crippen molar-refractivity contribution in [1.82, 2.24) is 4.57 Å². The maximum Gasteiger partial charge on any atom is 0.0547 e. The lowest BCUT2D eigenvalue weighted by Gasteiger charge is -2.28. The van der Waals surface area contributed by atoms with Gasteiger partial charge in [-0.25, -0.2) is 0 Å². The van der Waals surface area contributed by atoms with Crippen molar-refractivity contribution in [2.45, 2.75) is 39.5 Å². The summed E-state index contributed by atoms with van der Waals surface area (Å²) < 4.78 is 2.46. The van der Waals surface area contributed by atoms with Crippen molar-refractivity contribution in [2.24, 2.45) is 0 Å². The van der Waals surface area contributed by atoms with Gasteiger partial charge in [0.05, 0.1) is 16.7 Å². The Kier molecular flexibility index (Phi) is 15.6. The Morgan fingerprint density at radius 1 is 0.603 bits per heavy atom. The van der Waals surface area contributed by atoms with Crippen LogP contribution in [-0.2, 0) is 6.42 Å². The van der Waals surface area contributed by atoms with Gasteiger partial charge in [0.1, 0.15) is 0 Å². The van der Waals surface area contributed by atoms with E-state index in [0.29, 0.717) is 0 Å². The Labute approximate surface area is 461 Å². The second kappa shape index (κ2) is 24.0. The Balaban J connectivity index is 0.962. The zero-order valence-corrected chi connectivity index (χ0v) is 44.6. The van der Waals surface area contributed by atoms with E-state index in [2.05, 4.69) is 309 Å². The van der Waals surface area contributed by atoms with Crippen LogP contribution in [0.4, 0.5) is 17.1 Å². The van der Waals surface area contributed by atoms with Gasteiger partial charge in [-0.1, -0.05) is 250 Å². The SMILES string of the molecule is C=C/C=C\C1=CC/C(=C\C(=C/CC)n2c3ccccc3c3c(-c4cccc(-c5ccccc5N(c5ccc(C/C=C\C(=C/C)C6=CC=CC=CC6)cc5)c5ccc(-c6ccc(-c7ccccc7)cc6)cc5)c4)cccc32)C=C1. The summed E-state index contributed by atoms with van der Waals surface area (Å²) in [4.78, 5) is 2.42. The standard InChI is InChI=1S/C76H64N2/c1-4-7-23-56-38-40-58(41-39-56)54-69(22-5-2)78-74-36-18-16-33-72(74)76-71(34-21-37-75(76)78)66-31-20-30-65(55-66)70-32-15-17-35-73(70)77(67-50-42-57(43-51-67)24-19-29-59(6-3)60-25-11-8-9-12-26-60)68-52-48-64(49-53-68)63-46-44-62(45-47-63)61-27-13-10-14-28-61/h4,6-23,25,27-40,42-55H,1,5,24,26,41H2,2-3H3/b23-7-,29-19-,58-54-,59-6+,69-22+. The van der Waals surface area contributed by atoms with Gasteiger partial charge in [-0.05, 0) is 154 Å². The number of aromatic nitrogens is 1. The van der Waals surface area contributed by atoms with E-state index in [-0.39, 0.29) is 0 Å². The van der Waals surface area contributed by atoms with Crippen LogP contribution >= 0.6 is 0 Å². The van der Waals surface area contributed by atoms with Gasteiger partial charge in [-0.15, -0.1) is 0 Å². The third-order valence-electron chi connectivity index (χ3n) is 14.8. The van der Waals surface area contributed by atoms with Crippen LogP contribution in [-0.4, -0.2) is 4.57 Å². The van der Waals surface area contributed by atoms with Crippen molar-refractivity contribution in [3.8, 4) is 44.5 Å². The van der Waals surface area contributed by atoms with Gasteiger partial charge >= 0.3 is 0 Å². The third kappa shape index (κ3) is 11.1. The normalized spacial score (nSPS) is 14.4. The zero-order chi connectivity index (χ0) is 53.0. The van der Waals surface area contributed by atoms with Crippen molar-refractivity contribution in [3.63, 3.8) is 0 Å². The maximum atomic E-state index is 3.85. The lowest BCUT2D eigenvalue weighted by molar-refractivity contribution is 1.15. The molecule has 1 aromatic heterocycles. The molecule has 2 heteroatoms. The first-order valence-electron chi connectivity index (χ1n) is 27.4. The van der Waals surface area contributed by atoms with Crippen molar-refractivity contribution < 1.29 is 0 Å². The average molecular weight is 1010 g/mol. The summed E-state index contributed by atoms with van der Waals surface area (Å²) in [7, 11) is 0. The second-order valence-electron chi connectivity index (χ2n) is 19.8. The maximum absolute atomic E-state index is 3.85. The summed E-state index contributed by atoms with van der Waals surface area (Å²) in [6, 6.07) is 71.3. The van der Waals surface area contributed by atoms with Crippen LogP contribution in [0.1, 0.15) is 38.7 Å². The average Bonchev–Trinajstić information content (AvgIpc) is 3.62. The fraction of sp³-hybridized carbons (Fsp3) is 0.0789. The van der Waals surface area contributed by atoms with Gasteiger partial charge in [-0.3, -0.25) is 0 Å². The smallest absolute Gasteiger partial charge is 0.0547 e. The molecule has 2 nitrogen and oxygen atoms in total. The number of anilines is 3. The van der Waals surface area contributed by atoms with Crippen LogP contribution in [0.15, 0.2) is 320 Å². The van der Waals surface area contributed by atoms with E-state index in [9.17, 15) is 0 Å². The number of para-hydroxylation sites is 2. The van der Waals surface area contributed by atoms with Crippen LogP contribution in [0.2, 0.25) is 0 Å². The molecule has 2 aliphatic carbocycles. The summed E-state index contributed by atoms with van der Waals surface area (Å²) in [5.74, 6) is 0. The van der Waals surface area contributed by atoms with E-state index >= 15 is 0 Å². The van der Waals surface area contributed by atoms with Crippen LogP contribution < -0.4 is 4.90 Å². The van der Waals surface area contributed by atoms with Crippen LogP contribution in [0, 0.1) is 0 Å². The molecule has 0 bridgehead atoms. The molecule has 2 aliphatic rings. The molecule has 0 fully saturated rings. The summed E-state index contributed by atoms with van der Waals surface area (Å²) in [6.07, 6.45) is 38.5. The lowest BCUT2D eigenvalue weighted by atomic mass is 9.94. The van der Waals surface area contributed by atoms with Crippen LogP contribution in [0.25, 0.3) is 72.0 Å². The van der Waals surface area contributed by atoms with E-state index in [4.69, 9.17) is 0 Å². The molecule has 0 atom stereocenters. The lowest BCUT2D eigenvalue weighted by Crippen LogP contribution is -2.11. The fourth-order valence-corrected chi connectivity index (χ4v) is 10.9. The molecular weight excluding hydrogens is 941 g/mol. The minimum absolute atomic E-state index is 0.835. The molecule has 0 unspecified atom stereocenters. The van der Waals surface area contributed by atoms with Gasteiger partial charge in [-0.2, -0.15) is 0 Å². The van der Waals surface area contributed by atoms with Gasteiger partial charge in [0.2, 0.25) is 0 Å². The Bertz CT molecular complexity index is 3950. The molecule has 0 saturated carbocycles. The topological polar surface area (TPSA) is 8.17 Å². The predicted molar refractivity (Wildman–Crippen MR) is 337 cm³/mol. The zero-order valence-electron chi connectivity index (χ0n) is 44.6. The minimum atomic E-state index is 0.835. The number of nitrogens with zero attached hydrogens (tertiary/aromatic N) is 2. The number of hydrogen-bond donors (Lipinski definition) is 0. The first kappa shape index (κ1) is 50.6. The predicted octanol–water partition coefficient (Wildman–Crippen LogP) is 21.2. The summed E-state index contributed by atoms with van der Waals surface area (Å²) in [5, 5.41) is 2.49. The van der Waals surface area contributed by atoms with Crippen molar-refractivity contribution in [2.75, 3.05) is 4.90 Å². The highest BCUT2D eigenvalue weighted by Crippen LogP contribution is 2.44. The van der Waals surface area contributed by atoms with E-state index < -0.39 is 0 Å². The third-order valence-corrected chi connectivity index (χ3v) is 14.8. The molecule has 0 saturated heterocycles. The molecule has 11 rings (SSSR count). The van der Waals surface area contributed by atoms with Gasteiger partial charge in [0.25, 0.3) is 0 Å². The fourth-order valence-electron chi connectivity index (χ4n) is 10.9. The number of hydrogen-bond acceptors (Lipinski definition) is 1. The molecule has 0 spiro atoms. The molecule has 78 heavy (non-hydrogen) atoms. The molecule has 0 radical (unpaired) electrons. The first-order chi connectivity index (χ1) is 38.6. The first-order valence-corrected chi connectivity index (χ1v) is 27.4. The molecule has 1 heterocycles. The molecule has 8 aromatic carbocycles. The molecule has 0 N–H and O–H groups in total. The molecule has 0 aliphatic heterocycles. The van der Waals surface area contributed by atoms with Gasteiger partial charge in [0.15, 0.2) is 0 Å². The number of fused-ring (bicyclic) bond motifs is 3. The van der Waals surface area contributed by atoms with Gasteiger partial charge < -0.3 is 9.47 Å². The Hall–Kier alpha value is -9.50. The molecular formula is C76H64N2. The molecule has 378 valence electrons. The molecule has 9 aromatic rings.